The minimum Gasteiger partial charge on any atom is -0.496 e. The number of benzene rings is 2. The molecule has 0 unspecified atom stereocenters. The van der Waals surface area contributed by atoms with E-state index in [-0.39, 0.29) is 23.4 Å². The van der Waals surface area contributed by atoms with Gasteiger partial charge in [-0.3, -0.25) is 14.5 Å². The van der Waals surface area contributed by atoms with E-state index in [2.05, 4.69) is 5.10 Å². The molecule has 224 valence electrons. The van der Waals surface area contributed by atoms with Crippen molar-refractivity contribution in [1.82, 2.24) is 19.6 Å². The number of aromatic nitrogens is 2. The molecule has 3 aromatic rings. The van der Waals surface area contributed by atoms with E-state index in [4.69, 9.17) is 9.47 Å². The second kappa shape index (κ2) is 13.2. The second-order valence-corrected chi connectivity index (χ2v) is 11.3. The molecule has 0 spiro atoms. The number of hydrogen-bond donors (Lipinski definition) is 1. The van der Waals surface area contributed by atoms with Crippen molar-refractivity contribution in [1.29, 1.82) is 0 Å². The Hall–Kier alpha value is -4.18. The lowest BCUT2D eigenvalue weighted by Gasteiger charge is -2.22. The van der Waals surface area contributed by atoms with Crippen molar-refractivity contribution >= 4 is 17.8 Å². The maximum Gasteiger partial charge on any atom is 0.356 e. The summed E-state index contributed by atoms with van der Waals surface area (Å²) in [5, 5.41) is 14.4. The Bertz CT molecular complexity index is 1460. The number of hydrogen-bond acceptors (Lipinski definition) is 7. The van der Waals surface area contributed by atoms with Crippen molar-refractivity contribution in [3.8, 4) is 28.4 Å². The summed E-state index contributed by atoms with van der Waals surface area (Å²) in [6, 6.07) is 12.2. The Kier molecular flexibility index (Phi) is 9.67. The van der Waals surface area contributed by atoms with Crippen LogP contribution in [0.5, 0.6) is 11.5 Å². The van der Waals surface area contributed by atoms with E-state index in [1.54, 1.807) is 36.1 Å². The van der Waals surface area contributed by atoms with Crippen LogP contribution in [0, 0.1) is 5.92 Å². The summed E-state index contributed by atoms with van der Waals surface area (Å²) < 4.78 is 13.5. The largest absolute Gasteiger partial charge is 0.496 e. The highest BCUT2D eigenvalue weighted by Crippen LogP contribution is 2.41. The Labute approximate surface area is 246 Å². The molecule has 0 bridgehead atoms. The highest BCUT2D eigenvalue weighted by molar-refractivity contribution is 6.04. The zero-order valence-corrected chi connectivity index (χ0v) is 25.2. The van der Waals surface area contributed by atoms with E-state index in [9.17, 15) is 19.5 Å². The maximum absolute atomic E-state index is 13.5. The number of imide groups is 1. The van der Waals surface area contributed by atoms with E-state index in [0.717, 1.165) is 24.9 Å². The monoisotopic (exact) mass is 576 g/mol. The second-order valence-electron chi connectivity index (χ2n) is 11.3. The first-order valence-corrected chi connectivity index (χ1v) is 14.3. The Morgan fingerprint density at radius 1 is 1.07 bits per heavy atom. The molecule has 4 rings (SSSR count). The van der Waals surface area contributed by atoms with Gasteiger partial charge in [0.15, 0.2) is 5.69 Å². The number of aromatic carboxylic acids is 1. The molecule has 2 aromatic carbocycles. The number of rotatable bonds is 13. The molecule has 0 aliphatic heterocycles. The lowest BCUT2D eigenvalue weighted by molar-refractivity contribution is -0.126. The molecule has 1 aliphatic rings. The van der Waals surface area contributed by atoms with Crippen molar-refractivity contribution in [3.05, 3.63) is 59.3 Å². The van der Waals surface area contributed by atoms with Crippen LogP contribution < -0.4 is 9.47 Å². The first-order chi connectivity index (χ1) is 20.0. The lowest BCUT2D eigenvalue weighted by Crippen LogP contribution is -2.37. The number of ether oxygens (including phenoxy) is 2. The fraction of sp³-hybridized carbons (Fsp3) is 0.438. The molecule has 1 heterocycles. The molecular formula is C32H40N4O6. The quantitative estimate of drug-likeness (QED) is 0.299. The smallest absolute Gasteiger partial charge is 0.356 e. The molecule has 42 heavy (non-hydrogen) atoms. The summed E-state index contributed by atoms with van der Waals surface area (Å²) in [5.41, 5.74) is 2.71. The van der Waals surface area contributed by atoms with Crippen molar-refractivity contribution in [3.63, 3.8) is 0 Å². The molecule has 0 atom stereocenters. The van der Waals surface area contributed by atoms with Crippen LogP contribution >= 0.6 is 0 Å². The third kappa shape index (κ3) is 6.99. The van der Waals surface area contributed by atoms with Gasteiger partial charge in [0.1, 0.15) is 11.5 Å². The van der Waals surface area contributed by atoms with Gasteiger partial charge in [0, 0.05) is 19.0 Å². The van der Waals surface area contributed by atoms with E-state index in [0.29, 0.717) is 59.5 Å². The van der Waals surface area contributed by atoms with Crippen molar-refractivity contribution in [2.24, 2.45) is 5.92 Å². The highest BCUT2D eigenvalue weighted by atomic mass is 16.5. The van der Waals surface area contributed by atoms with Gasteiger partial charge in [0.25, 0.3) is 5.91 Å². The minimum absolute atomic E-state index is 0.0548. The summed E-state index contributed by atoms with van der Waals surface area (Å²) in [4.78, 5) is 41.3. The summed E-state index contributed by atoms with van der Waals surface area (Å²) >= 11 is 0. The third-order valence-electron chi connectivity index (χ3n) is 7.30. The van der Waals surface area contributed by atoms with Crippen LogP contribution in [0.15, 0.2) is 42.5 Å². The highest BCUT2D eigenvalue weighted by Gasteiger charge is 2.27. The standard InChI is InChI=1S/C32H40N4O6/c1-20(2)24-17-23(31(38)35(21(3)37)16-8-15-34(4)5)13-14-26(24)36-27(18-25(33-36)32(39)40)30-28(41-6)9-7-10-29(30)42-19-22-11-12-22/h7,9-10,13-14,17-18,20,22H,8,11-12,15-16,19H2,1-6H3,(H,39,40). The fourth-order valence-corrected chi connectivity index (χ4v) is 4.84. The number of amides is 2. The Morgan fingerprint density at radius 2 is 1.79 bits per heavy atom. The van der Waals surface area contributed by atoms with E-state index >= 15 is 0 Å². The zero-order valence-electron chi connectivity index (χ0n) is 25.2. The topological polar surface area (TPSA) is 114 Å². The van der Waals surface area contributed by atoms with Crippen LogP contribution in [0.4, 0.5) is 0 Å². The van der Waals surface area contributed by atoms with Crippen molar-refractivity contribution in [2.75, 3.05) is 40.9 Å². The van der Waals surface area contributed by atoms with Gasteiger partial charge in [0.2, 0.25) is 5.91 Å². The molecule has 1 aliphatic carbocycles. The summed E-state index contributed by atoms with van der Waals surface area (Å²) in [7, 11) is 5.45. The lowest BCUT2D eigenvalue weighted by atomic mass is 9.97. The molecule has 2 amide bonds. The Balaban J connectivity index is 1.81. The molecule has 0 saturated heterocycles. The fourth-order valence-electron chi connectivity index (χ4n) is 4.84. The molecule has 1 saturated carbocycles. The molecule has 0 radical (unpaired) electrons. The van der Waals surface area contributed by atoms with Gasteiger partial charge in [-0.1, -0.05) is 19.9 Å². The molecule has 10 nitrogen and oxygen atoms in total. The van der Waals surface area contributed by atoms with Crippen LogP contribution in [0.1, 0.15) is 72.4 Å². The summed E-state index contributed by atoms with van der Waals surface area (Å²) in [6.45, 7) is 6.99. The van der Waals surface area contributed by atoms with Gasteiger partial charge in [0.05, 0.1) is 30.7 Å². The number of carbonyl (C=O) groups is 3. The number of methoxy groups -OCH3 is 1. The van der Waals surface area contributed by atoms with Crippen molar-refractivity contribution in [2.45, 2.75) is 46.0 Å². The average molecular weight is 577 g/mol. The van der Waals surface area contributed by atoms with Gasteiger partial charge in [-0.2, -0.15) is 5.10 Å². The normalized spacial score (nSPS) is 13.0. The first-order valence-electron chi connectivity index (χ1n) is 14.3. The van der Waals surface area contributed by atoms with E-state index in [1.165, 1.54) is 17.9 Å². The van der Waals surface area contributed by atoms with Crippen LogP contribution in [0.25, 0.3) is 16.9 Å². The van der Waals surface area contributed by atoms with E-state index < -0.39 is 5.97 Å². The number of carboxylic acid groups (broad SMARTS) is 1. The summed E-state index contributed by atoms with van der Waals surface area (Å²) in [5.74, 6) is -0.301. The summed E-state index contributed by atoms with van der Waals surface area (Å²) in [6.07, 6.45) is 2.91. The molecule has 1 aromatic heterocycles. The average Bonchev–Trinajstić information content (AvgIpc) is 3.68. The van der Waals surface area contributed by atoms with Crippen LogP contribution in [0.2, 0.25) is 0 Å². The molecule has 1 fully saturated rings. The number of nitrogens with zero attached hydrogens (tertiary/aromatic N) is 4. The number of carboxylic acids is 1. The van der Waals surface area contributed by atoms with Gasteiger partial charge in [-0.15, -0.1) is 0 Å². The van der Waals surface area contributed by atoms with Crippen molar-refractivity contribution < 1.29 is 29.0 Å². The van der Waals surface area contributed by atoms with Gasteiger partial charge < -0.3 is 19.5 Å². The Morgan fingerprint density at radius 3 is 2.38 bits per heavy atom. The van der Waals surface area contributed by atoms with Gasteiger partial charge >= 0.3 is 5.97 Å². The molecular weight excluding hydrogens is 536 g/mol. The van der Waals surface area contributed by atoms with E-state index in [1.807, 2.05) is 45.0 Å². The number of carbonyl (C=O) groups excluding carboxylic acids is 2. The first kappa shape index (κ1) is 30.8. The third-order valence-corrected chi connectivity index (χ3v) is 7.30. The van der Waals surface area contributed by atoms with Gasteiger partial charge in [-0.05, 0) is 93.7 Å². The van der Waals surface area contributed by atoms with Crippen LogP contribution in [0.3, 0.4) is 0 Å². The SMILES string of the molecule is COc1cccc(OCC2CC2)c1-c1cc(C(=O)O)nn1-c1ccc(C(=O)N(CCCN(C)C)C(C)=O)cc1C(C)C. The minimum atomic E-state index is -1.17. The van der Waals surface area contributed by atoms with Gasteiger partial charge in [-0.25, -0.2) is 9.48 Å². The zero-order chi connectivity index (χ0) is 30.6. The van der Waals surface area contributed by atoms with Crippen LogP contribution in [-0.4, -0.2) is 83.4 Å². The molecule has 1 N–H and O–H groups in total. The van der Waals surface area contributed by atoms with Crippen LogP contribution in [-0.2, 0) is 4.79 Å². The maximum atomic E-state index is 13.5. The predicted octanol–water partition coefficient (Wildman–Crippen LogP) is 5.10. The predicted molar refractivity (Wildman–Crippen MR) is 160 cm³/mol. The molecule has 10 heteroatoms.